The maximum atomic E-state index is 11.3. The second-order valence-electron chi connectivity index (χ2n) is 4.02. The lowest BCUT2D eigenvalue weighted by Crippen LogP contribution is -2.15. The molecule has 4 N–H and O–H groups in total. The van der Waals surface area contributed by atoms with E-state index in [0.29, 0.717) is 24.5 Å². The van der Waals surface area contributed by atoms with Gasteiger partial charge in [0.25, 0.3) is 0 Å². The minimum absolute atomic E-state index is 0.000836. The molecule has 0 saturated heterocycles. The van der Waals surface area contributed by atoms with E-state index in [2.05, 4.69) is 10.6 Å². The standard InChI is InChI=1S/C13H18N2O4/c1-4-14-8-6-9(15-5-2)11(13(18)19)7(3)10(8)12(16)17/h6,14-15H,4-5H2,1-3H3,(H,16,17)(H,18,19). The van der Waals surface area contributed by atoms with Crippen molar-refractivity contribution in [3.63, 3.8) is 0 Å². The molecule has 0 saturated carbocycles. The largest absolute Gasteiger partial charge is 0.478 e. The van der Waals surface area contributed by atoms with E-state index in [9.17, 15) is 19.8 Å². The molecule has 0 aliphatic rings. The van der Waals surface area contributed by atoms with Gasteiger partial charge in [-0.05, 0) is 32.4 Å². The SMILES string of the molecule is CCNc1cc(NCC)c(C(=O)O)c(C)c1C(=O)O. The number of anilines is 2. The van der Waals surface area contributed by atoms with Crippen LogP contribution in [0.2, 0.25) is 0 Å². The summed E-state index contributed by atoms with van der Waals surface area (Å²) in [4.78, 5) is 22.6. The van der Waals surface area contributed by atoms with Gasteiger partial charge in [0.1, 0.15) is 0 Å². The molecule has 0 bridgehead atoms. The first-order valence-electron chi connectivity index (χ1n) is 6.05. The predicted octanol–water partition coefficient (Wildman–Crippen LogP) is 2.26. The lowest BCUT2D eigenvalue weighted by Gasteiger charge is -2.17. The first kappa shape index (κ1) is 14.8. The predicted molar refractivity (Wildman–Crippen MR) is 73.4 cm³/mol. The van der Waals surface area contributed by atoms with Crippen molar-refractivity contribution in [3.05, 3.63) is 22.8 Å². The van der Waals surface area contributed by atoms with Crippen LogP contribution in [-0.4, -0.2) is 35.2 Å². The summed E-state index contributed by atoms with van der Waals surface area (Å²) < 4.78 is 0. The molecule has 0 unspecified atom stereocenters. The Kier molecular flexibility index (Phi) is 4.74. The quantitative estimate of drug-likeness (QED) is 0.630. The normalized spacial score (nSPS) is 10.1. The molecule has 1 rings (SSSR count). The summed E-state index contributed by atoms with van der Waals surface area (Å²) in [6.45, 7) is 6.31. The summed E-state index contributed by atoms with van der Waals surface area (Å²) in [5.41, 5.74) is 1.10. The fourth-order valence-corrected chi connectivity index (χ4v) is 2.03. The zero-order valence-corrected chi connectivity index (χ0v) is 11.2. The second-order valence-corrected chi connectivity index (χ2v) is 4.02. The van der Waals surface area contributed by atoms with Gasteiger partial charge in [-0.15, -0.1) is 0 Å². The Morgan fingerprint density at radius 3 is 1.63 bits per heavy atom. The van der Waals surface area contributed by atoms with Crippen LogP contribution in [0.5, 0.6) is 0 Å². The van der Waals surface area contributed by atoms with Gasteiger partial charge in [-0.1, -0.05) is 0 Å². The summed E-state index contributed by atoms with van der Waals surface area (Å²) in [5, 5.41) is 24.4. The first-order valence-corrected chi connectivity index (χ1v) is 6.05. The van der Waals surface area contributed by atoms with Gasteiger partial charge in [-0.25, -0.2) is 9.59 Å². The summed E-state index contributed by atoms with van der Waals surface area (Å²) in [6.07, 6.45) is 0. The maximum absolute atomic E-state index is 11.3. The Bertz CT molecular complexity index is 470. The van der Waals surface area contributed by atoms with E-state index in [4.69, 9.17) is 0 Å². The van der Waals surface area contributed by atoms with Gasteiger partial charge in [0.05, 0.1) is 22.5 Å². The van der Waals surface area contributed by atoms with Gasteiger partial charge in [0, 0.05) is 13.1 Å². The number of hydrogen-bond donors (Lipinski definition) is 4. The molecule has 104 valence electrons. The average molecular weight is 266 g/mol. The van der Waals surface area contributed by atoms with Crippen molar-refractivity contribution in [1.29, 1.82) is 0 Å². The molecule has 6 heteroatoms. The van der Waals surface area contributed by atoms with E-state index in [-0.39, 0.29) is 16.7 Å². The Morgan fingerprint density at radius 1 is 1.00 bits per heavy atom. The highest BCUT2D eigenvalue weighted by Gasteiger charge is 2.23. The van der Waals surface area contributed by atoms with Crippen LogP contribution >= 0.6 is 0 Å². The first-order chi connectivity index (χ1) is 8.93. The molecular weight excluding hydrogens is 248 g/mol. The van der Waals surface area contributed by atoms with Crippen LogP contribution in [0.15, 0.2) is 6.07 Å². The van der Waals surface area contributed by atoms with Gasteiger partial charge in [-0.2, -0.15) is 0 Å². The van der Waals surface area contributed by atoms with Crippen LogP contribution in [0.3, 0.4) is 0 Å². The molecule has 0 fully saturated rings. The number of aromatic carboxylic acids is 2. The molecule has 1 aromatic rings. The fourth-order valence-electron chi connectivity index (χ4n) is 2.03. The Labute approximate surface area is 111 Å². The smallest absolute Gasteiger partial charge is 0.338 e. The van der Waals surface area contributed by atoms with Gasteiger partial charge in [-0.3, -0.25) is 0 Å². The Hall–Kier alpha value is -2.24. The fraction of sp³-hybridized carbons (Fsp3) is 0.385. The van der Waals surface area contributed by atoms with Gasteiger partial charge >= 0.3 is 11.9 Å². The Morgan fingerprint density at radius 2 is 1.37 bits per heavy atom. The number of carboxylic acids is 2. The number of carboxylic acid groups (broad SMARTS) is 2. The molecule has 0 atom stereocenters. The minimum atomic E-state index is -1.14. The molecule has 6 nitrogen and oxygen atoms in total. The van der Waals surface area contributed by atoms with Gasteiger partial charge < -0.3 is 20.8 Å². The molecule has 0 radical (unpaired) electrons. The van der Waals surface area contributed by atoms with E-state index >= 15 is 0 Å². The molecule has 0 amide bonds. The van der Waals surface area contributed by atoms with Crippen LogP contribution in [0, 0.1) is 6.92 Å². The van der Waals surface area contributed by atoms with Crippen molar-refractivity contribution in [2.45, 2.75) is 20.8 Å². The van der Waals surface area contributed by atoms with E-state index in [0.717, 1.165) is 0 Å². The van der Waals surface area contributed by atoms with Gasteiger partial charge in [0.2, 0.25) is 0 Å². The van der Waals surface area contributed by atoms with Crippen molar-refractivity contribution in [3.8, 4) is 0 Å². The van der Waals surface area contributed by atoms with Crippen LogP contribution in [0.4, 0.5) is 11.4 Å². The van der Waals surface area contributed by atoms with Crippen LogP contribution in [0.25, 0.3) is 0 Å². The molecular formula is C13H18N2O4. The third-order valence-corrected chi connectivity index (χ3v) is 2.74. The molecule has 0 spiro atoms. The highest BCUT2D eigenvalue weighted by atomic mass is 16.4. The van der Waals surface area contributed by atoms with Crippen molar-refractivity contribution in [1.82, 2.24) is 0 Å². The zero-order chi connectivity index (χ0) is 14.6. The van der Waals surface area contributed by atoms with Crippen molar-refractivity contribution < 1.29 is 19.8 Å². The molecule has 19 heavy (non-hydrogen) atoms. The third-order valence-electron chi connectivity index (χ3n) is 2.74. The van der Waals surface area contributed by atoms with Crippen LogP contribution in [0.1, 0.15) is 40.1 Å². The molecule has 0 aliphatic heterocycles. The van der Waals surface area contributed by atoms with Crippen LogP contribution in [-0.2, 0) is 0 Å². The molecule has 0 aliphatic carbocycles. The number of benzene rings is 1. The maximum Gasteiger partial charge on any atom is 0.338 e. The van der Waals surface area contributed by atoms with Gasteiger partial charge in [0.15, 0.2) is 0 Å². The third kappa shape index (κ3) is 2.96. The van der Waals surface area contributed by atoms with E-state index < -0.39 is 11.9 Å². The monoisotopic (exact) mass is 266 g/mol. The van der Waals surface area contributed by atoms with Crippen molar-refractivity contribution in [2.75, 3.05) is 23.7 Å². The summed E-state index contributed by atoms with van der Waals surface area (Å²) >= 11 is 0. The van der Waals surface area contributed by atoms with Crippen molar-refractivity contribution in [2.24, 2.45) is 0 Å². The van der Waals surface area contributed by atoms with Crippen molar-refractivity contribution >= 4 is 23.3 Å². The van der Waals surface area contributed by atoms with E-state index in [1.165, 1.54) is 13.0 Å². The lowest BCUT2D eigenvalue weighted by molar-refractivity contribution is 0.0696. The van der Waals surface area contributed by atoms with Crippen LogP contribution < -0.4 is 10.6 Å². The molecule has 1 aromatic carbocycles. The number of carbonyl (C=O) groups is 2. The number of rotatable bonds is 6. The average Bonchev–Trinajstić information content (AvgIpc) is 2.28. The number of hydrogen-bond acceptors (Lipinski definition) is 4. The molecule has 0 heterocycles. The summed E-state index contributed by atoms with van der Waals surface area (Å²) in [5.74, 6) is -2.28. The lowest BCUT2D eigenvalue weighted by atomic mass is 9.98. The van der Waals surface area contributed by atoms with E-state index in [1.807, 2.05) is 13.8 Å². The van der Waals surface area contributed by atoms with E-state index in [1.54, 1.807) is 0 Å². The Balaban J connectivity index is 3.59. The topological polar surface area (TPSA) is 98.7 Å². The summed E-state index contributed by atoms with van der Waals surface area (Å²) in [7, 11) is 0. The second kappa shape index (κ2) is 6.08. The highest BCUT2D eigenvalue weighted by molar-refractivity contribution is 6.04. The minimum Gasteiger partial charge on any atom is -0.478 e. The molecule has 0 aromatic heterocycles. The highest BCUT2D eigenvalue weighted by Crippen LogP contribution is 2.30. The number of nitrogens with one attached hydrogen (secondary N) is 2. The zero-order valence-electron chi connectivity index (χ0n) is 11.2. The summed E-state index contributed by atoms with van der Waals surface area (Å²) in [6, 6.07) is 1.53.